The van der Waals surface area contributed by atoms with Crippen molar-refractivity contribution in [2.75, 3.05) is 11.5 Å². The molecule has 144 valence electrons. The van der Waals surface area contributed by atoms with Crippen LogP contribution >= 0.6 is 11.6 Å². The van der Waals surface area contributed by atoms with E-state index in [0.717, 1.165) is 34.4 Å². The number of amides is 1. The van der Waals surface area contributed by atoms with Gasteiger partial charge in [-0.15, -0.1) is 0 Å². The van der Waals surface area contributed by atoms with Crippen LogP contribution in [0.15, 0.2) is 36.4 Å². The zero-order valence-corrected chi connectivity index (χ0v) is 16.7. The monoisotopic (exact) mass is 395 g/mol. The standard InChI is InChI=1S/C23H22ClNO3/c1-3-28-23(27)21-12-20(21)16-6-4-15-5-7-17-11-19(24)8-9-22(17)25(14(2)26)13-18(15)10-16/h4-11,20-21H,3,12-13H2,1-2H3/b7-5-/t20-,21+/m1/s1. The fourth-order valence-corrected chi connectivity index (χ4v) is 4.03. The lowest BCUT2D eigenvalue weighted by atomic mass is 9.97. The molecule has 2 aromatic carbocycles. The number of fused-ring (bicyclic) bond motifs is 2. The maximum Gasteiger partial charge on any atom is 0.309 e. The summed E-state index contributed by atoms with van der Waals surface area (Å²) < 4.78 is 5.15. The second-order valence-corrected chi connectivity index (χ2v) is 7.74. The molecule has 0 N–H and O–H groups in total. The van der Waals surface area contributed by atoms with Crippen molar-refractivity contribution in [1.82, 2.24) is 0 Å². The van der Waals surface area contributed by atoms with E-state index in [2.05, 4.69) is 24.3 Å². The Hall–Kier alpha value is -2.59. The topological polar surface area (TPSA) is 46.6 Å². The number of halogens is 1. The van der Waals surface area contributed by atoms with Crippen LogP contribution in [-0.2, 0) is 20.9 Å². The summed E-state index contributed by atoms with van der Waals surface area (Å²) >= 11 is 6.15. The van der Waals surface area contributed by atoms with Gasteiger partial charge in [-0.3, -0.25) is 9.59 Å². The molecule has 1 fully saturated rings. The lowest BCUT2D eigenvalue weighted by Gasteiger charge is -2.26. The van der Waals surface area contributed by atoms with Crippen LogP contribution in [0.25, 0.3) is 12.2 Å². The van der Waals surface area contributed by atoms with Crippen LogP contribution in [0, 0.1) is 5.92 Å². The minimum atomic E-state index is -0.115. The number of esters is 1. The quantitative estimate of drug-likeness (QED) is 0.683. The van der Waals surface area contributed by atoms with E-state index >= 15 is 0 Å². The van der Waals surface area contributed by atoms with Gasteiger partial charge < -0.3 is 9.64 Å². The van der Waals surface area contributed by atoms with E-state index in [9.17, 15) is 9.59 Å². The largest absolute Gasteiger partial charge is 0.466 e. The number of carbonyl (C=O) groups is 2. The zero-order chi connectivity index (χ0) is 19.8. The van der Waals surface area contributed by atoms with Crippen molar-refractivity contribution in [3.05, 3.63) is 63.7 Å². The average Bonchev–Trinajstić information content (AvgIpc) is 3.44. The Morgan fingerprint density at radius 3 is 2.68 bits per heavy atom. The second kappa shape index (κ2) is 7.44. The molecule has 1 saturated carbocycles. The molecule has 4 rings (SSSR count). The second-order valence-electron chi connectivity index (χ2n) is 7.30. The predicted molar refractivity (Wildman–Crippen MR) is 111 cm³/mol. The van der Waals surface area contributed by atoms with E-state index in [1.165, 1.54) is 0 Å². The van der Waals surface area contributed by atoms with Crippen molar-refractivity contribution in [2.45, 2.75) is 32.7 Å². The first kappa shape index (κ1) is 18.8. The van der Waals surface area contributed by atoms with E-state index in [1.54, 1.807) is 17.9 Å². The van der Waals surface area contributed by atoms with E-state index in [0.29, 0.717) is 18.2 Å². The molecule has 5 heteroatoms. The molecule has 0 unspecified atom stereocenters. The van der Waals surface area contributed by atoms with Crippen molar-refractivity contribution < 1.29 is 14.3 Å². The maximum atomic E-state index is 12.4. The highest BCUT2D eigenvalue weighted by molar-refractivity contribution is 6.30. The molecule has 0 bridgehead atoms. The van der Waals surface area contributed by atoms with Gasteiger partial charge in [0.25, 0.3) is 0 Å². The average molecular weight is 396 g/mol. The molecule has 0 radical (unpaired) electrons. The molecule has 0 saturated heterocycles. The molecule has 1 amide bonds. The Kier molecular flexibility index (Phi) is 4.98. The minimum Gasteiger partial charge on any atom is -0.466 e. The molecule has 1 aliphatic carbocycles. The van der Waals surface area contributed by atoms with Gasteiger partial charge in [-0.05, 0) is 59.7 Å². The molecule has 4 nitrogen and oxygen atoms in total. The van der Waals surface area contributed by atoms with E-state index < -0.39 is 0 Å². The summed E-state index contributed by atoms with van der Waals surface area (Å²) in [4.78, 5) is 26.1. The first-order valence-corrected chi connectivity index (χ1v) is 9.91. The van der Waals surface area contributed by atoms with Gasteiger partial charge in [-0.2, -0.15) is 0 Å². The zero-order valence-electron chi connectivity index (χ0n) is 15.9. The number of benzene rings is 2. The fraction of sp³-hybridized carbons (Fsp3) is 0.304. The molecular weight excluding hydrogens is 374 g/mol. The summed E-state index contributed by atoms with van der Waals surface area (Å²) in [7, 11) is 0. The Bertz CT molecular complexity index is 982. The number of carbonyl (C=O) groups excluding carboxylic acids is 2. The Balaban J connectivity index is 1.68. The van der Waals surface area contributed by atoms with Gasteiger partial charge in [0.05, 0.1) is 24.8 Å². The molecule has 28 heavy (non-hydrogen) atoms. The van der Waals surface area contributed by atoms with Crippen molar-refractivity contribution >= 4 is 41.3 Å². The smallest absolute Gasteiger partial charge is 0.309 e. The van der Waals surface area contributed by atoms with Gasteiger partial charge in [0, 0.05) is 11.9 Å². The Labute approximate surface area is 169 Å². The van der Waals surface area contributed by atoms with Crippen LogP contribution < -0.4 is 4.90 Å². The summed E-state index contributed by atoms with van der Waals surface area (Å²) in [6.07, 6.45) is 4.88. The van der Waals surface area contributed by atoms with E-state index in [-0.39, 0.29) is 23.7 Å². The van der Waals surface area contributed by atoms with Gasteiger partial charge >= 0.3 is 5.97 Å². The summed E-state index contributed by atoms with van der Waals surface area (Å²) in [6.45, 7) is 4.29. The number of anilines is 1. The van der Waals surface area contributed by atoms with Gasteiger partial charge in [-0.1, -0.05) is 42.0 Å². The third kappa shape index (κ3) is 3.57. The van der Waals surface area contributed by atoms with Crippen LogP contribution in [-0.4, -0.2) is 18.5 Å². The lowest BCUT2D eigenvalue weighted by Crippen LogP contribution is -2.29. The summed E-state index contributed by atoms with van der Waals surface area (Å²) in [5, 5.41) is 0.641. The summed E-state index contributed by atoms with van der Waals surface area (Å²) in [6, 6.07) is 11.8. The minimum absolute atomic E-state index is 0.0222. The van der Waals surface area contributed by atoms with Crippen molar-refractivity contribution in [3.8, 4) is 0 Å². The van der Waals surface area contributed by atoms with Gasteiger partial charge in [-0.25, -0.2) is 0 Å². The molecule has 2 atom stereocenters. The maximum absolute atomic E-state index is 12.4. The fourth-order valence-electron chi connectivity index (χ4n) is 3.85. The predicted octanol–water partition coefficient (Wildman–Crippen LogP) is 5.04. The number of ether oxygens (including phenoxy) is 1. The van der Waals surface area contributed by atoms with E-state index in [4.69, 9.17) is 16.3 Å². The van der Waals surface area contributed by atoms with E-state index in [1.807, 2.05) is 25.1 Å². The Morgan fingerprint density at radius 2 is 1.93 bits per heavy atom. The number of hydrogen-bond acceptors (Lipinski definition) is 3. The SMILES string of the molecule is CCOC(=O)[C@H]1C[C@@H]1c1ccc2c(c1)CN(C(C)=O)c1ccc(Cl)cc1/C=C\2. The van der Waals surface area contributed by atoms with Crippen molar-refractivity contribution in [2.24, 2.45) is 5.92 Å². The highest BCUT2D eigenvalue weighted by Gasteiger charge is 2.45. The number of rotatable bonds is 3. The molecule has 1 heterocycles. The van der Waals surface area contributed by atoms with Gasteiger partial charge in [0.1, 0.15) is 0 Å². The van der Waals surface area contributed by atoms with Crippen LogP contribution in [0.2, 0.25) is 5.02 Å². The Morgan fingerprint density at radius 1 is 1.14 bits per heavy atom. The number of hydrogen-bond donors (Lipinski definition) is 0. The van der Waals surface area contributed by atoms with Crippen LogP contribution in [0.3, 0.4) is 0 Å². The van der Waals surface area contributed by atoms with Gasteiger partial charge in [0.15, 0.2) is 0 Å². The van der Waals surface area contributed by atoms with Crippen molar-refractivity contribution in [1.29, 1.82) is 0 Å². The molecule has 0 spiro atoms. The highest BCUT2D eigenvalue weighted by Crippen LogP contribution is 2.48. The molecule has 1 aliphatic heterocycles. The lowest BCUT2D eigenvalue weighted by molar-refractivity contribution is -0.144. The van der Waals surface area contributed by atoms with Crippen LogP contribution in [0.5, 0.6) is 0 Å². The van der Waals surface area contributed by atoms with Crippen molar-refractivity contribution in [3.63, 3.8) is 0 Å². The molecular formula is C23H22ClNO3. The third-order valence-electron chi connectivity index (χ3n) is 5.41. The molecule has 0 aromatic heterocycles. The van der Waals surface area contributed by atoms with Crippen LogP contribution in [0.4, 0.5) is 5.69 Å². The van der Waals surface area contributed by atoms with Crippen LogP contribution in [0.1, 0.15) is 48.4 Å². The first-order valence-electron chi connectivity index (χ1n) is 9.53. The summed E-state index contributed by atoms with van der Waals surface area (Å²) in [5.41, 5.74) is 5.03. The summed E-state index contributed by atoms with van der Waals surface area (Å²) in [5.74, 6) is 0.0193. The third-order valence-corrected chi connectivity index (χ3v) is 5.64. The molecule has 2 aliphatic rings. The van der Waals surface area contributed by atoms with Gasteiger partial charge in [0.2, 0.25) is 5.91 Å². The first-order chi connectivity index (χ1) is 13.5. The normalized spacial score (nSPS) is 21.0. The number of nitrogens with zero attached hydrogens (tertiary/aromatic N) is 1. The highest BCUT2D eigenvalue weighted by atomic mass is 35.5. The molecule has 2 aromatic rings.